The minimum absolute atomic E-state index is 0.0867. The minimum atomic E-state index is -0.207. The molecule has 2 unspecified atom stereocenters. The summed E-state index contributed by atoms with van der Waals surface area (Å²) in [4.78, 5) is 0. The van der Waals surface area contributed by atoms with Crippen molar-refractivity contribution in [3.63, 3.8) is 0 Å². The first-order chi connectivity index (χ1) is 8.09. The highest BCUT2D eigenvalue weighted by atomic mass is 79.9. The maximum absolute atomic E-state index is 6.46. The van der Waals surface area contributed by atoms with Crippen LogP contribution in [0.25, 0.3) is 0 Å². The third-order valence-corrected chi connectivity index (χ3v) is 4.80. The van der Waals surface area contributed by atoms with Crippen LogP contribution in [0.1, 0.15) is 16.5 Å². The van der Waals surface area contributed by atoms with Crippen LogP contribution in [0, 0.1) is 6.92 Å². The van der Waals surface area contributed by atoms with E-state index < -0.39 is 0 Å². The predicted molar refractivity (Wildman–Crippen MR) is 75.7 cm³/mol. The van der Waals surface area contributed by atoms with Gasteiger partial charge in [0.05, 0.1) is 25.2 Å². The Morgan fingerprint density at radius 1 is 1.29 bits per heavy atom. The predicted octanol–water partition coefficient (Wildman–Crippen LogP) is 4.22. The van der Waals surface area contributed by atoms with E-state index in [9.17, 15) is 0 Å². The van der Waals surface area contributed by atoms with Crippen molar-refractivity contribution in [1.29, 1.82) is 0 Å². The normalized spacial score (nSPS) is 22.5. The van der Waals surface area contributed by atoms with Gasteiger partial charge in [-0.3, -0.25) is 0 Å². The van der Waals surface area contributed by atoms with Crippen molar-refractivity contribution < 1.29 is 9.47 Å². The third-order valence-electron chi connectivity index (χ3n) is 2.74. The second-order valence-corrected chi connectivity index (χ2v) is 6.19. The Labute approximate surface area is 123 Å². The lowest BCUT2D eigenvalue weighted by atomic mass is 10.1. The molecule has 0 aliphatic carbocycles. The van der Waals surface area contributed by atoms with Crippen molar-refractivity contribution in [1.82, 2.24) is 0 Å². The zero-order chi connectivity index (χ0) is 12.4. The summed E-state index contributed by atoms with van der Waals surface area (Å²) in [5.74, 6) is 0. The van der Waals surface area contributed by atoms with Crippen LogP contribution in [0.15, 0.2) is 21.1 Å². The van der Waals surface area contributed by atoms with Gasteiger partial charge in [-0.25, -0.2) is 0 Å². The van der Waals surface area contributed by atoms with E-state index in [1.165, 1.54) is 5.56 Å². The molecule has 0 spiro atoms. The fourth-order valence-electron chi connectivity index (χ4n) is 1.75. The van der Waals surface area contributed by atoms with Gasteiger partial charge in [-0.05, 0) is 30.2 Å². The molecule has 1 aromatic rings. The number of hydrogen-bond acceptors (Lipinski definition) is 2. The van der Waals surface area contributed by atoms with Crippen LogP contribution < -0.4 is 0 Å². The van der Waals surface area contributed by atoms with Crippen LogP contribution in [0.3, 0.4) is 0 Å². The summed E-state index contributed by atoms with van der Waals surface area (Å²) < 4.78 is 13.1. The molecule has 1 heterocycles. The van der Waals surface area contributed by atoms with E-state index in [1.54, 1.807) is 0 Å². The Hall–Kier alpha value is 0.390. The zero-order valence-corrected chi connectivity index (χ0v) is 13.3. The molecule has 1 fully saturated rings. The maximum Gasteiger partial charge on any atom is 0.101 e. The Morgan fingerprint density at radius 3 is 2.71 bits per heavy atom. The minimum Gasteiger partial charge on any atom is -0.376 e. The second kappa shape index (κ2) is 6.02. The summed E-state index contributed by atoms with van der Waals surface area (Å²) in [7, 11) is 0. The standard InChI is InChI=1S/C12H13Br2ClO2/c1-7-4-10(14)8(5-9(7)13)12(15)11-6-16-2-3-17-11/h4-5,11-12H,2-3,6H2,1H3. The van der Waals surface area contributed by atoms with Gasteiger partial charge in [0.25, 0.3) is 0 Å². The molecule has 5 heteroatoms. The maximum atomic E-state index is 6.46. The first-order valence-corrected chi connectivity index (χ1v) is 7.41. The van der Waals surface area contributed by atoms with Crippen molar-refractivity contribution in [2.45, 2.75) is 18.4 Å². The van der Waals surface area contributed by atoms with Crippen molar-refractivity contribution >= 4 is 43.5 Å². The molecule has 0 aromatic heterocycles. The SMILES string of the molecule is Cc1cc(Br)c(C(Cl)C2COCCO2)cc1Br. The summed E-state index contributed by atoms with van der Waals surface area (Å²) in [6.45, 7) is 3.85. The van der Waals surface area contributed by atoms with Crippen LogP contribution in [0.2, 0.25) is 0 Å². The molecule has 0 amide bonds. The number of benzene rings is 1. The molecule has 0 bridgehead atoms. The summed E-state index contributed by atoms with van der Waals surface area (Å²) in [6, 6.07) is 4.09. The van der Waals surface area contributed by atoms with Gasteiger partial charge in [-0.15, -0.1) is 11.6 Å². The van der Waals surface area contributed by atoms with Crippen molar-refractivity contribution in [3.05, 3.63) is 32.2 Å². The molecule has 2 rings (SSSR count). The highest BCUT2D eigenvalue weighted by Crippen LogP contribution is 2.36. The topological polar surface area (TPSA) is 18.5 Å². The highest BCUT2D eigenvalue weighted by Gasteiger charge is 2.26. The average Bonchev–Trinajstić information content (AvgIpc) is 2.34. The van der Waals surface area contributed by atoms with Gasteiger partial charge in [-0.1, -0.05) is 31.9 Å². The van der Waals surface area contributed by atoms with Gasteiger partial charge in [0.1, 0.15) is 6.10 Å². The molecule has 0 radical (unpaired) electrons. The van der Waals surface area contributed by atoms with E-state index >= 15 is 0 Å². The first-order valence-electron chi connectivity index (χ1n) is 5.38. The van der Waals surface area contributed by atoms with Crippen molar-refractivity contribution in [3.8, 4) is 0 Å². The second-order valence-electron chi connectivity index (χ2n) is 4.01. The van der Waals surface area contributed by atoms with E-state index in [0.717, 1.165) is 14.5 Å². The van der Waals surface area contributed by atoms with Crippen molar-refractivity contribution in [2.75, 3.05) is 19.8 Å². The Kier molecular flexibility index (Phi) is 4.89. The molecule has 1 aliphatic heterocycles. The Morgan fingerprint density at radius 2 is 2.06 bits per heavy atom. The molecule has 0 N–H and O–H groups in total. The van der Waals surface area contributed by atoms with Gasteiger partial charge in [0.2, 0.25) is 0 Å². The van der Waals surface area contributed by atoms with Crippen LogP contribution in [0.4, 0.5) is 0 Å². The zero-order valence-electron chi connectivity index (χ0n) is 9.38. The van der Waals surface area contributed by atoms with Gasteiger partial charge in [0, 0.05) is 8.95 Å². The van der Waals surface area contributed by atoms with Gasteiger partial charge in [0.15, 0.2) is 0 Å². The quantitative estimate of drug-likeness (QED) is 0.711. The van der Waals surface area contributed by atoms with Gasteiger partial charge in [-0.2, -0.15) is 0 Å². The highest BCUT2D eigenvalue weighted by molar-refractivity contribution is 9.11. The van der Waals surface area contributed by atoms with E-state index in [2.05, 4.69) is 37.9 Å². The summed E-state index contributed by atoms with van der Waals surface area (Å²) >= 11 is 13.5. The fourth-order valence-corrected chi connectivity index (χ4v) is 3.27. The molecule has 0 saturated carbocycles. The number of aryl methyl sites for hydroxylation is 1. The lowest BCUT2D eigenvalue weighted by Gasteiger charge is -2.27. The molecule has 2 atom stereocenters. The summed E-state index contributed by atoms with van der Waals surface area (Å²) in [5, 5.41) is -0.207. The molecular weight excluding hydrogens is 371 g/mol. The van der Waals surface area contributed by atoms with Crippen LogP contribution in [-0.4, -0.2) is 25.9 Å². The van der Waals surface area contributed by atoms with Crippen LogP contribution in [-0.2, 0) is 9.47 Å². The lowest BCUT2D eigenvalue weighted by molar-refractivity contribution is -0.0893. The summed E-state index contributed by atoms with van der Waals surface area (Å²) in [5.41, 5.74) is 2.20. The van der Waals surface area contributed by atoms with E-state index in [-0.39, 0.29) is 11.5 Å². The first kappa shape index (κ1) is 13.8. The Balaban J connectivity index is 2.23. The average molecular weight is 384 g/mol. The van der Waals surface area contributed by atoms with Gasteiger partial charge < -0.3 is 9.47 Å². The molecule has 1 aliphatic rings. The molecule has 94 valence electrons. The van der Waals surface area contributed by atoms with Crippen LogP contribution in [0.5, 0.6) is 0 Å². The number of ether oxygens (including phenoxy) is 2. The number of halogens is 3. The van der Waals surface area contributed by atoms with Crippen LogP contribution >= 0.6 is 43.5 Å². The summed E-state index contributed by atoms with van der Waals surface area (Å²) in [6.07, 6.45) is -0.0867. The largest absolute Gasteiger partial charge is 0.376 e. The van der Waals surface area contributed by atoms with E-state index in [4.69, 9.17) is 21.1 Å². The van der Waals surface area contributed by atoms with Gasteiger partial charge >= 0.3 is 0 Å². The molecule has 2 nitrogen and oxygen atoms in total. The van der Waals surface area contributed by atoms with E-state index in [1.807, 2.05) is 13.0 Å². The lowest BCUT2D eigenvalue weighted by Crippen LogP contribution is -2.32. The number of alkyl halides is 1. The smallest absolute Gasteiger partial charge is 0.101 e. The molecule has 17 heavy (non-hydrogen) atoms. The molecular formula is C12H13Br2ClO2. The van der Waals surface area contributed by atoms with Crippen molar-refractivity contribution in [2.24, 2.45) is 0 Å². The fraction of sp³-hybridized carbons (Fsp3) is 0.500. The number of hydrogen-bond donors (Lipinski definition) is 0. The molecule has 1 aromatic carbocycles. The number of rotatable bonds is 2. The van der Waals surface area contributed by atoms with E-state index in [0.29, 0.717) is 19.8 Å². The monoisotopic (exact) mass is 382 g/mol. The third kappa shape index (κ3) is 3.24. The molecule has 1 saturated heterocycles. The Bertz CT molecular complexity index is 406.